The molecule has 0 amide bonds. The lowest BCUT2D eigenvalue weighted by Gasteiger charge is -2.01. The van der Waals surface area contributed by atoms with Crippen LogP contribution in [0.2, 0.25) is 0 Å². The Morgan fingerprint density at radius 1 is 1.26 bits per heavy atom. The molecule has 108 valence electrons. The number of hydrogen-bond donors (Lipinski definition) is 4. The maximum absolute atomic E-state index is 9.10. The Labute approximate surface area is 112 Å². The molecule has 0 radical (unpaired) electrons. The molecule has 1 aromatic heterocycles. The lowest BCUT2D eigenvalue weighted by atomic mass is 10.2. The summed E-state index contributed by atoms with van der Waals surface area (Å²) >= 11 is 0. The molecule has 7 heteroatoms. The van der Waals surface area contributed by atoms with Gasteiger partial charge in [-0.15, -0.1) is 0 Å². The van der Waals surface area contributed by atoms with Crippen LogP contribution in [-0.4, -0.2) is 45.2 Å². The van der Waals surface area contributed by atoms with Crippen LogP contribution >= 0.6 is 0 Å². The van der Waals surface area contributed by atoms with Gasteiger partial charge in [-0.3, -0.25) is 0 Å². The molecular formula is C12H21N3O4. The van der Waals surface area contributed by atoms with E-state index in [0.717, 1.165) is 19.5 Å². The molecular weight excluding hydrogens is 250 g/mol. The quantitative estimate of drug-likeness (QED) is 0.432. The summed E-state index contributed by atoms with van der Waals surface area (Å²) in [5.74, 6) is -3.65. The minimum atomic E-state index is -1.82. The second-order valence-corrected chi connectivity index (χ2v) is 3.89. The van der Waals surface area contributed by atoms with Gasteiger partial charge in [0.05, 0.1) is 6.33 Å². The Bertz CT molecular complexity index is 340. The van der Waals surface area contributed by atoms with Crippen molar-refractivity contribution < 1.29 is 19.8 Å². The Hall–Kier alpha value is -1.89. The highest BCUT2D eigenvalue weighted by Crippen LogP contribution is 1.98. The molecule has 0 aliphatic heterocycles. The van der Waals surface area contributed by atoms with Crippen molar-refractivity contribution in [3.8, 4) is 0 Å². The number of imidazole rings is 1. The smallest absolute Gasteiger partial charge is 0.414 e. The van der Waals surface area contributed by atoms with Gasteiger partial charge in [0.15, 0.2) is 0 Å². The van der Waals surface area contributed by atoms with Crippen LogP contribution < -0.4 is 5.32 Å². The summed E-state index contributed by atoms with van der Waals surface area (Å²) < 4.78 is 0. The van der Waals surface area contributed by atoms with Crippen LogP contribution in [0.3, 0.4) is 0 Å². The van der Waals surface area contributed by atoms with Crippen molar-refractivity contribution in [2.24, 2.45) is 0 Å². The molecule has 0 saturated heterocycles. The molecule has 7 nitrogen and oxygen atoms in total. The minimum Gasteiger partial charge on any atom is -0.473 e. The molecule has 1 heterocycles. The zero-order valence-corrected chi connectivity index (χ0v) is 11.1. The minimum absolute atomic E-state index is 1.12. The van der Waals surface area contributed by atoms with Crippen molar-refractivity contribution >= 4 is 11.9 Å². The number of hydrogen-bond acceptors (Lipinski definition) is 4. The number of aromatic amines is 1. The van der Waals surface area contributed by atoms with Gasteiger partial charge in [-0.1, -0.05) is 6.92 Å². The first-order chi connectivity index (χ1) is 9.07. The number of aryl methyl sites for hydroxylation is 1. The van der Waals surface area contributed by atoms with E-state index >= 15 is 0 Å². The molecule has 0 bridgehead atoms. The van der Waals surface area contributed by atoms with E-state index in [1.165, 1.54) is 25.0 Å². The second-order valence-electron chi connectivity index (χ2n) is 3.89. The van der Waals surface area contributed by atoms with E-state index in [2.05, 4.69) is 22.2 Å². The molecule has 0 spiro atoms. The van der Waals surface area contributed by atoms with E-state index in [0.29, 0.717) is 0 Å². The highest BCUT2D eigenvalue weighted by Gasteiger charge is 2.04. The van der Waals surface area contributed by atoms with Crippen LogP contribution in [0.25, 0.3) is 0 Å². The van der Waals surface area contributed by atoms with Crippen molar-refractivity contribution in [1.29, 1.82) is 0 Å². The lowest BCUT2D eigenvalue weighted by molar-refractivity contribution is -0.159. The SMILES string of the molecule is CCCNCCCCc1cnc[nH]1.O=C(O)C(=O)O. The highest BCUT2D eigenvalue weighted by atomic mass is 16.4. The van der Waals surface area contributed by atoms with Gasteiger partial charge in [0.2, 0.25) is 0 Å². The summed E-state index contributed by atoms with van der Waals surface area (Å²) in [6.07, 6.45) is 8.47. The summed E-state index contributed by atoms with van der Waals surface area (Å²) in [5.41, 5.74) is 1.25. The van der Waals surface area contributed by atoms with Gasteiger partial charge in [-0.05, 0) is 38.8 Å². The van der Waals surface area contributed by atoms with Crippen LogP contribution in [0.4, 0.5) is 0 Å². The summed E-state index contributed by atoms with van der Waals surface area (Å²) in [6, 6.07) is 0. The molecule has 0 aromatic carbocycles. The fourth-order valence-corrected chi connectivity index (χ4v) is 1.29. The van der Waals surface area contributed by atoms with E-state index in [-0.39, 0.29) is 0 Å². The third-order valence-electron chi connectivity index (χ3n) is 2.21. The van der Waals surface area contributed by atoms with E-state index < -0.39 is 11.9 Å². The summed E-state index contributed by atoms with van der Waals surface area (Å²) in [6.45, 7) is 4.48. The molecule has 1 aromatic rings. The molecule has 0 fully saturated rings. The molecule has 0 unspecified atom stereocenters. The lowest BCUT2D eigenvalue weighted by Crippen LogP contribution is -2.15. The van der Waals surface area contributed by atoms with E-state index in [1.807, 2.05) is 6.20 Å². The topological polar surface area (TPSA) is 115 Å². The monoisotopic (exact) mass is 271 g/mol. The largest absolute Gasteiger partial charge is 0.473 e. The predicted octanol–water partition coefficient (Wildman–Crippen LogP) is 0.888. The van der Waals surface area contributed by atoms with Crippen molar-refractivity contribution in [2.75, 3.05) is 13.1 Å². The van der Waals surface area contributed by atoms with Gasteiger partial charge < -0.3 is 20.5 Å². The fourth-order valence-electron chi connectivity index (χ4n) is 1.29. The number of nitrogens with one attached hydrogen (secondary N) is 2. The predicted molar refractivity (Wildman–Crippen MR) is 70.0 cm³/mol. The Morgan fingerprint density at radius 2 is 1.95 bits per heavy atom. The molecule has 19 heavy (non-hydrogen) atoms. The number of rotatable bonds is 7. The number of carboxylic acids is 2. The Kier molecular flexibility index (Phi) is 10.1. The van der Waals surface area contributed by atoms with Crippen LogP contribution in [0.15, 0.2) is 12.5 Å². The van der Waals surface area contributed by atoms with Crippen molar-refractivity contribution in [3.05, 3.63) is 18.2 Å². The summed E-state index contributed by atoms with van der Waals surface area (Å²) in [5, 5.41) is 18.2. The first-order valence-electron chi connectivity index (χ1n) is 6.22. The Balaban J connectivity index is 0.000000459. The summed E-state index contributed by atoms with van der Waals surface area (Å²) in [4.78, 5) is 25.3. The first-order valence-corrected chi connectivity index (χ1v) is 6.22. The van der Waals surface area contributed by atoms with Gasteiger partial charge >= 0.3 is 11.9 Å². The molecule has 0 saturated carbocycles. The summed E-state index contributed by atoms with van der Waals surface area (Å²) in [7, 11) is 0. The van der Waals surface area contributed by atoms with Crippen molar-refractivity contribution in [3.63, 3.8) is 0 Å². The fraction of sp³-hybridized carbons (Fsp3) is 0.583. The van der Waals surface area contributed by atoms with Gasteiger partial charge in [0, 0.05) is 11.9 Å². The highest BCUT2D eigenvalue weighted by molar-refractivity contribution is 6.27. The molecule has 0 aliphatic rings. The van der Waals surface area contributed by atoms with Gasteiger partial charge in [0.25, 0.3) is 0 Å². The number of aliphatic carboxylic acids is 2. The number of unbranched alkanes of at least 4 members (excludes halogenated alkanes) is 1. The number of aromatic nitrogens is 2. The molecule has 4 N–H and O–H groups in total. The zero-order valence-electron chi connectivity index (χ0n) is 11.1. The average Bonchev–Trinajstić information content (AvgIpc) is 2.87. The van der Waals surface area contributed by atoms with Crippen LogP contribution in [-0.2, 0) is 16.0 Å². The van der Waals surface area contributed by atoms with Crippen molar-refractivity contribution in [2.45, 2.75) is 32.6 Å². The van der Waals surface area contributed by atoms with Crippen LogP contribution in [0.5, 0.6) is 0 Å². The average molecular weight is 271 g/mol. The van der Waals surface area contributed by atoms with Gasteiger partial charge in [-0.25, -0.2) is 14.6 Å². The Morgan fingerprint density at radius 3 is 2.42 bits per heavy atom. The zero-order chi connectivity index (χ0) is 14.5. The maximum Gasteiger partial charge on any atom is 0.414 e. The number of carboxylic acid groups (broad SMARTS) is 2. The normalized spacial score (nSPS) is 9.53. The second kappa shape index (κ2) is 11.2. The molecule has 0 aliphatic carbocycles. The van der Waals surface area contributed by atoms with E-state index in [4.69, 9.17) is 19.8 Å². The van der Waals surface area contributed by atoms with Gasteiger partial charge in [0.1, 0.15) is 0 Å². The van der Waals surface area contributed by atoms with Gasteiger partial charge in [-0.2, -0.15) is 0 Å². The van der Waals surface area contributed by atoms with E-state index in [9.17, 15) is 0 Å². The number of nitrogens with zero attached hydrogens (tertiary/aromatic N) is 1. The van der Waals surface area contributed by atoms with Crippen LogP contribution in [0.1, 0.15) is 31.9 Å². The maximum atomic E-state index is 9.10. The number of carbonyl (C=O) groups is 2. The van der Waals surface area contributed by atoms with Crippen LogP contribution in [0, 0.1) is 0 Å². The number of H-pyrrole nitrogens is 1. The van der Waals surface area contributed by atoms with E-state index in [1.54, 1.807) is 6.33 Å². The third kappa shape index (κ3) is 11.0. The first kappa shape index (κ1) is 17.1. The standard InChI is InChI=1S/C10H19N3.C2H2O4/c1-2-6-11-7-4-3-5-10-8-12-9-13-10;3-1(4)2(5)6/h8-9,11H,2-7H2,1H3,(H,12,13);(H,3,4)(H,5,6). The molecule has 1 rings (SSSR count). The third-order valence-corrected chi connectivity index (χ3v) is 2.21. The molecule has 0 atom stereocenters. The van der Waals surface area contributed by atoms with Crippen molar-refractivity contribution in [1.82, 2.24) is 15.3 Å².